The molecule has 0 spiro atoms. The molecule has 1 atom stereocenters. The molecule has 6 nitrogen and oxygen atoms in total. The third kappa shape index (κ3) is 4.77. The molecule has 1 amide bonds. The van der Waals surface area contributed by atoms with Crippen molar-refractivity contribution in [3.05, 3.63) is 47.0 Å². The van der Waals surface area contributed by atoms with E-state index in [1.165, 1.54) is 5.69 Å². The monoisotopic (exact) mass is 375 g/mol. The van der Waals surface area contributed by atoms with Crippen molar-refractivity contribution in [2.45, 2.75) is 19.8 Å². The molecular weight excluding hydrogens is 350 g/mol. The number of nitrogens with one attached hydrogen (secondary N) is 2. The van der Waals surface area contributed by atoms with Crippen LogP contribution >= 0.6 is 11.6 Å². The summed E-state index contributed by atoms with van der Waals surface area (Å²) < 4.78 is 0. The summed E-state index contributed by atoms with van der Waals surface area (Å²) in [5.41, 5.74) is 2.14. The van der Waals surface area contributed by atoms with Crippen molar-refractivity contribution >= 4 is 23.2 Å². The normalized spacial score (nSPS) is 16.5. The van der Waals surface area contributed by atoms with Crippen molar-refractivity contribution in [2.75, 3.05) is 44.2 Å². The Morgan fingerprint density at radius 2 is 2.12 bits per heavy atom. The second-order valence-corrected chi connectivity index (χ2v) is 7.21. The molecule has 7 heteroatoms. The van der Waals surface area contributed by atoms with Gasteiger partial charge in [0.2, 0.25) is 5.91 Å². The van der Waals surface area contributed by atoms with Crippen LogP contribution in [0.3, 0.4) is 0 Å². The van der Waals surface area contributed by atoms with E-state index in [0.29, 0.717) is 6.54 Å². The van der Waals surface area contributed by atoms with E-state index in [-0.39, 0.29) is 11.8 Å². The van der Waals surface area contributed by atoms with Gasteiger partial charge in [-0.2, -0.15) is 0 Å². The van der Waals surface area contributed by atoms with Crippen molar-refractivity contribution < 1.29 is 4.79 Å². The number of benzene rings is 1. The maximum Gasteiger partial charge on any atom is 0.230 e. The maximum absolute atomic E-state index is 12.3. The molecule has 2 aromatic rings. The number of rotatable bonds is 6. The van der Waals surface area contributed by atoms with Crippen LogP contribution in [0.2, 0.25) is 5.02 Å². The predicted octanol–water partition coefficient (Wildman–Crippen LogP) is 2.41. The van der Waals surface area contributed by atoms with E-state index in [0.717, 1.165) is 49.3 Å². The second-order valence-electron chi connectivity index (χ2n) is 6.77. The molecule has 1 saturated heterocycles. The number of hydrogen-bond acceptors (Lipinski definition) is 4. The zero-order valence-corrected chi connectivity index (χ0v) is 16.1. The summed E-state index contributed by atoms with van der Waals surface area (Å²) in [4.78, 5) is 24.3. The highest BCUT2D eigenvalue weighted by molar-refractivity contribution is 6.30. The van der Waals surface area contributed by atoms with Crippen LogP contribution in [0, 0.1) is 6.92 Å². The lowest BCUT2D eigenvalue weighted by Gasteiger charge is -2.36. The van der Waals surface area contributed by atoms with Crippen LogP contribution in [-0.2, 0) is 4.79 Å². The Labute approximate surface area is 159 Å². The van der Waals surface area contributed by atoms with Gasteiger partial charge in [-0.25, -0.2) is 4.98 Å². The number of carbonyl (C=O) groups is 1. The van der Waals surface area contributed by atoms with Gasteiger partial charge in [-0.3, -0.25) is 9.69 Å². The Bertz CT molecular complexity index is 739. The zero-order valence-electron chi connectivity index (χ0n) is 15.3. The maximum atomic E-state index is 12.3. The Balaban J connectivity index is 1.39. The van der Waals surface area contributed by atoms with Crippen molar-refractivity contribution in [1.29, 1.82) is 0 Å². The van der Waals surface area contributed by atoms with Gasteiger partial charge >= 0.3 is 0 Å². The van der Waals surface area contributed by atoms with E-state index in [9.17, 15) is 4.79 Å². The van der Waals surface area contributed by atoms with Crippen LogP contribution in [0.1, 0.15) is 24.4 Å². The van der Waals surface area contributed by atoms with Gasteiger partial charge in [0.05, 0.1) is 5.92 Å². The van der Waals surface area contributed by atoms with Gasteiger partial charge in [0, 0.05) is 61.9 Å². The van der Waals surface area contributed by atoms with Crippen LogP contribution < -0.4 is 10.2 Å². The molecule has 2 heterocycles. The molecule has 1 fully saturated rings. The minimum atomic E-state index is -0.261. The number of H-pyrrole nitrogens is 1. The standard InChI is InChI=1S/C19H26ClN5O/c1-14-13-22-18(23-14)15(2)19(26)21-6-7-24-8-10-25(11-9-24)17-5-3-4-16(20)12-17/h3-5,12-13,15H,6-11H2,1-2H3,(H,21,26)(H,22,23). The van der Waals surface area contributed by atoms with Gasteiger partial charge in [-0.1, -0.05) is 17.7 Å². The number of imidazole rings is 1. The minimum Gasteiger partial charge on any atom is -0.369 e. The first kappa shape index (κ1) is 18.7. The van der Waals surface area contributed by atoms with E-state index in [1.54, 1.807) is 6.20 Å². The van der Waals surface area contributed by atoms with Crippen molar-refractivity contribution in [3.8, 4) is 0 Å². The third-order valence-electron chi connectivity index (χ3n) is 4.80. The molecular formula is C19H26ClN5O. The number of halogens is 1. The minimum absolute atomic E-state index is 0.0110. The topological polar surface area (TPSA) is 64.3 Å². The third-order valence-corrected chi connectivity index (χ3v) is 5.03. The first-order chi connectivity index (χ1) is 12.5. The Hall–Kier alpha value is -2.05. The first-order valence-electron chi connectivity index (χ1n) is 9.05. The van der Waals surface area contributed by atoms with Crippen molar-refractivity contribution in [1.82, 2.24) is 20.2 Å². The summed E-state index contributed by atoms with van der Waals surface area (Å²) in [5.74, 6) is 0.468. The van der Waals surface area contributed by atoms with Crippen LogP contribution in [0.4, 0.5) is 5.69 Å². The number of aromatic nitrogens is 2. The van der Waals surface area contributed by atoms with E-state index in [1.807, 2.05) is 32.0 Å². The number of piperazine rings is 1. The molecule has 3 rings (SSSR count). The molecule has 140 valence electrons. The van der Waals surface area contributed by atoms with Crippen LogP contribution in [0.5, 0.6) is 0 Å². The number of anilines is 1. The van der Waals surface area contributed by atoms with Crippen molar-refractivity contribution in [2.24, 2.45) is 0 Å². The number of amides is 1. The SMILES string of the molecule is Cc1cnc(C(C)C(=O)NCCN2CCN(c3cccc(Cl)c3)CC2)[nH]1. The molecule has 1 unspecified atom stereocenters. The molecule has 0 aliphatic carbocycles. The molecule has 1 aliphatic rings. The highest BCUT2D eigenvalue weighted by Gasteiger charge is 2.20. The Kier molecular flexibility index (Phi) is 6.16. The van der Waals surface area contributed by atoms with Gasteiger partial charge in [0.15, 0.2) is 0 Å². The van der Waals surface area contributed by atoms with Crippen LogP contribution in [-0.4, -0.2) is 60.0 Å². The average Bonchev–Trinajstić information content (AvgIpc) is 3.08. The summed E-state index contributed by atoms with van der Waals surface area (Å²) in [7, 11) is 0. The van der Waals surface area contributed by atoms with Crippen LogP contribution in [0.15, 0.2) is 30.5 Å². The van der Waals surface area contributed by atoms with Gasteiger partial charge in [0.1, 0.15) is 5.82 Å². The van der Waals surface area contributed by atoms with E-state index in [4.69, 9.17) is 11.6 Å². The first-order valence-corrected chi connectivity index (χ1v) is 9.43. The number of carbonyl (C=O) groups excluding carboxylic acids is 1. The van der Waals surface area contributed by atoms with Crippen LogP contribution in [0.25, 0.3) is 0 Å². The van der Waals surface area contributed by atoms with E-state index < -0.39 is 0 Å². The van der Waals surface area contributed by atoms with E-state index in [2.05, 4.69) is 31.2 Å². The summed E-state index contributed by atoms with van der Waals surface area (Å²) in [6.45, 7) is 9.22. The largest absolute Gasteiger partial charge is 0.369 e. The van der Waals surface area contributed by atoms with Gasteiger partial charge in [0.25, 0.3) is 0 Å². The summed E-state index contributed by atoms with van der Waals surface area (Å²) in [5, 5.41) is 3.79. The fraction of sp³-hybridized carbons (Fsp3) is 0.474. The predicted molar refractivity (Wildman–Crippen MR) is 105 cm³/mol. The smallest absolute Gasteiger partial charge is 0.230 e. The van der Waals surface area contributed by atoms with Gasteiger partial charge < -0.3 is 15.2 Å². The molecule has 1 aromatic carbocycles. The molecule has 0 bridgehead atoms. The Morgan fingerprint density at radius 3 is 2.77 bits per heavy atom. The lowest BCUT2D eigenvalue weighted by molar-refractivity contribution is -0.122. The van der Waals surface area contributed by atoms with Gasteiger partial charge in [-0.05, 0) is 32.0 Å². The van der Waals surface area contributed by atoms with Crippen molar-refractivity contribution in [3.63, 3.8) is 0 Å². The average molecular weight is 376 g/mol. The molecule has 26 heavy (non-hydrogen) atoms. The molecule has 0 radical (unpaired) electrons. The molecule has 2 N–H and O–H groups in total. The summed E-state index contributed by atoms with van der Waals surface area (Å²) in [6.07, 6.45) is 1.75. The second kappa shape index (κ2) is 8.56. The lowest BCUT2D eigenvalue weighted by atomic mass is 10.1. The highest BCUT2D eigenvalue weighted by Crippen LogP contribution is 2.20. The number of nitrogens with zero attached hydrogens (tertiary/aromatic N) is 3. The molecule has 1 aliphatic heterocycles. The number of aromatic amines is 1. The number of aryl methyl sites for hydroxylation is 1. The number of hydrogen-bond donors (Lipinski definition) is 2. The molecule has 1 aromatic heterocycles. The lowest BCUT2D eigenvalue weighted by Crippen LogP contribution is -2.48. The fourth-order valence-corrected chi connectivity index (χ4v) is 3.35. The van der Waals surface area contributed by atoms with E-state index >= 15 is 0 Å². The quantitative estimate of drug-likeness (QED) is 0.813. The summed E-state index contributed by atoms with van der Waals surface area (Å²) in [6, 6.07) is 7.99. The molecule has 0 saturated carbocycles. The Morgan fingerprint density at radius 1 is 1.35 bits per heavy atom. The highest BCUT2D eigenvalue weighted by atomic mass is 35.5. The zero-order chi connectivity index (χ0) is 18.5. The fourth-order valence-electron chi connectivity index (χ4n) is 3.17. The summed E-state index contributed by atoms with van der Waals surface area (Å²) >= 11 is 6.08. The van der Waals surface area contributed by atoms with Gasteiger partial charge in [-0.15, -0.1) is 0 Å².